The predicted octanol–water partition coefficient (Wildman–Crippen LogP) is 4.49. The molecule has 0 radical (unpaired) electrons. The van der Waals surface area contributed by atoms with E-state index in [0.717, 1.165) is 59.3 Å². The maximum Gasteiger partial charge on any atom is 0.231 e. The van der Waals surface area contributed by atoms with Crippen LogP contribution in [0.5, 0.6) is 5.75 Å². The van der Waals surface area contributed by atoms with Crippen molar-refractivity contribution in [3.63, 3.8) is 0 Å². The highest BCUT2D eigenvalue weighted by Gasteiger charge is 2.36. The van der Waals surface area contributed by atoms with Crippen LogP contribution in [0.3, 0.4) is 0 Å². The van der Waals surface area contributed by atoms with Gasteiger partial charge in [0.2, 0.25) is 5.95 Å². The maximum absolute atomic E-state index is 6.34. The number of nitrogens with zero attached hydrogens (tertiary/aromatic N) is 6. The fourth-order valence-corrected chi connectivity index (χ4v) is 6.48. The lowest BCUT2D eigenvalue weighted by molar-refractivity contribution is 0.0868. The van der Waals surface area contributed by atoms with Crippen molar-refractivity contribution >= 4 is 45.5 Å². The minimum atomic E-state index is 0.395. The Bertz CT molecular complexity index is 1530. The largest absolute Gasteiger partial charge is 0.489 e. The SMILES string of the molecule is CN1CCC(N2CCN3c4ccc(Nc5nc(Nc6ccccc6N(C)C)c6cc[nH]c6n5)cc4OCC3C2)CC1. The van der Waals surface area contributed by atoms with Gasteiger partial charge in [-0.1, -0.05) is 12.1 Å². The molecule has 1 atom stereocenters. The first-order chi connectivity index (χ1) is 20.0. The topological polar surface area (TPSA) is 87.8 Å². The maximum atomic E-state index is 6.34. The lowest BCUT2D eigenvalue weighted by atomic mass is 10.00. The summed E-state index contributed by atoms with van der Waals surface area (Å²) >= 11 is 0. The summed E-state index contributed by atoms with van der Waals surface area (Å²) in [5.41, 5.74) is 4.92. The summed E-state index contributed by atoms with van der Waals surface area (Å²) < 4.78 is 6.34. The van der Waals surface area contributed by atoms with Crippen LogP contribution in [0.25, 0.3) is 11.0 Å². The lowest BCUT2D eigenvalue weighted by Crippen LogP contribution is -2.60. The summed E-state index contributed by atoms with van der Waals surface area (Å²) in [4.78, 5) is 22.6. The van der Waals surface area contributed by atoms with Crippen LogP contribution < -0.4 is 25.2 Å². The van der Waals surface area contributed by atoms with Gasteiger partial charge in [0.1, 0.15) is 23.8 Å². The van der Waals surface area contributed by atoms with Crippen molar-refractivity contribution in [3.8, 4) is 5.75 Å². The van der Waals surface area contributed by atoms with Gasteiger partial charge in [0.05, 0.1) is 28.5 Å². The number of H-pyrrole nitrogens is 1. The van der Waals surface area contributed by atoms with Crippen LogP contribution in [0.15, 0.2) is 54.7 Å². The molecule has 214 valence electrons. The van der Waals surface area contributed by atoms with Gasteiger partial charge in [-0.2, -0.15) is 9.97 Å². The number of anilines is 6. The number of fused-ring (bicyclic) bond motifs is 4. The summed E-state index contributed by atoms with van der Waals surface area (Å²) in [6.45, 7) is 6.34. The normalized spacial score (nSPS) is 19.9. The third kappa shape index (κ3) is 5.13. The number of para-hydroxylation sites is 2. The van der Waals surface area contributed by atoms with Crippen molar-refractivity contribution in [2.75, 3.05) is 80.9 Å². The van der Waals surface area contributed by atoms with E-state index in [4.69, 9.17) is 14.7 Å². The fourth-order valence-electron chi connectivity index (χ4n) is 6.48. The number of ether oxygens (including phenoxy) is 1. The number of hydrogen-bond acceptors (Lipinski definition) is 9. The number of hydrogen-bond donors (Lipinski definition) is 3. The Kier molecular flexibility index (Phi) is 6.80. The van der Waals surface area contributed by atoms with Crippen molar-refractivity contribution in [2.24, 2.45) is 0 Å². The molecule has 0 spiro atoms. The lowest BCUT2D eigenvalue weighted by Gasteiger charge is -2.48. The molecule has 2 saturated heterocycles. The molecular formula is C31H39N9O. The molecule has 2 fully saturated rings. The van der Waals surface area contributed by atoms with Gasteiger partial charge in [-0.05, 0) is 63.3 Å². The zero-order chi connectivity index (χ0) is 27.9. The molecule has 7 rings (SSSR count). The van der Waals surface area contributed by atoms with Crippen molar-refractivity contribution in [2.45, 2.75) is 24.9 Å². The van der Waals surface area contributed by atoms with E-state index in [0.29, 0.717) is 24.6 Å². The van der Waals surface area contributed by atoms with Crippen molar-refractivity contribution < 1.29 is 4.74 Å². The van der Waals surface area contributed by atoms with E-state index in [-0.39, 0.29) is 0 Å². The van der Waals surface area contributed by atoms with E-state index in [9.17, 15) is 0 Å². The highest BCUT2D eigenvalue weighted by atomic mass is 16.5. The number of nitrogens with one attached hydrogen (secondary N) is 3. The highest BCUT2D eigenvalue weighted by Crippen LogP contribution is 2.39. The van der Waals surface area contributed by atoms with E-state index in [2.05, 4.69) is 72.6 Å². The quantitative estimate of drug-likeness (QED) is 0.320. The van der Waals surface area contributed by atoms with Gasteiger partial charge in [0.15, 0.2) is 0 Å². The van der Waals surface area contributed by atoms with Crippen molar-refractivity contribution in [3.05, 3.63) is 54.7 Å². The molecule has 0 amide bonds. The molecule has 3 aliphatic heterocycles. The van der Waals surface area contributed by atoms with Crippen LogP contribution in [0.2, 0.25) is 0 Å². The van der Waals surface area contributed by atoms with Crippen molar-refractivity contribution in [1.29, 1.82) is 0 Å². The standard InChI is InChI=1S/C31H39N9O/c1-37(2)26-7-5-4-6-25(26)34-30-24-10-13-32-29(24)35-31(36-30)33-21-8-9-27-28(18-21)41-20-23-19-39(16-17-40(23)27)22-11-14-38(3)15-12-22/h4-10,13,18,22-23H,11-12,14-17,19-20H2,1-3H3,(H3,32,33,34,35,36). The number of likely N-dealkylation sites (tertiary alicyclic amines) is 1. The van der Waals surface area contributed by atoms with Crippen LogP contribution in [0, 0.1) is 0 Å². The third-order valence-electron chi connectivity index (χ3n) is 8.73. The smallest absolute Gasteiger partial charge is 0.231 e. The van der Waals surface area contributed by atoms with Crippen LogP contribution in [0.1, 0.15) is 12.8 Å². The van der Waals surface area contributed by atoms with Gasteiger partial charge in [-0.3, -0.25) is 4.90 Å². The first-order valence-electron chi connectivity index (χ1n) is 14.6. The molecule has 0 bridgehead atoms. The molecule has 1 unspecified atom stereocenters. The Balaban J connectivity index is 1.09. The molecule has 0 saturated carbocycles. The number of benzene rings is 2. The van der Waals surface area contributed by atoms with E-state index < -0.39 is 0 Å². The van der Waals surface area contributed by atoms with Crippen LogP contribution in [-0.2, 0) is 0 Å². The molecule has 0 aliphatic carbocycles. The zero-order valence-electron chi connectivity index (χ0n) is 24.1. The molecule has 2 aromatic carbocycles. The molecule has 4 aromatic rings. The number of aromatic nitrogens is 3. The van der Waals surface area contributed by atoms with Gasteiger partial charge in [-0.15, -0.1) is 0 Å². The van der Waals surface area contributed by atoms with E-state index in [1.807, 2.05) is 38.5 Å². The molecule has 41 heavy (non-hydrogen) atoms. The van der Waals surface area contributed by atoms with Crippen LogP contribution in [0.4, 0.5) is 34.5 Å². The Hall–Kier alpha value is -4.02. The average molecular weight is 554 g/mol. The molecule has 10 nitrogen and oxygen atoms in total. The Morgan fingerprint density at radius 2 is 1.80 bits per heavy atom. The second-order valence-electron chi connectivity index (χ2n) is 11.7. The molecule has 5 heterocycles. The second-order valence-corrected chi connectivity index (χ2v) is 11.7. The Morgan fingerprint density at radius 1 is 0.951 bits per heavy atom. The summed E-state index contributed by atoms with van der Waals surface area (Å²) in [6, 6.07) is 17.7. The molecule has 3 aliphatic rings. The monoisotopic (exact) mass is 553 g/mol. The van der Waals surface area contributed by atoms with Crippen LogP contribution in [-0.4, -0.2) is 97.3 Å². The average Bonchev–Trinajstić information content (AvgIpc) is 3.46. The first kappa shape index (κ1) is 25.9. The predicted molar refractivity (Wildman–Crippen MR) is 166 cm³/mol. The number of rotatable bonds is 6. The Morgan fingerprint density at radius 3 is 2.66 bits per heavy atom. The third-order valence-corrected chi connectivity index (χ3v) is 8.73. The molecular weight excluding hydrogens is 514 g/mol. The highest BCUT2D eigenvalue weighted by molar-refractivity contribution is 5.92. The van der Waals surface area contributed by atoms with E-state index in [1.54, 1.807) is 0 Å². The summed E-state index contributed by atoms with van der Waals surface area (Å²) in [5.74, 6) is 2.18. The molecule has 2 aromatic heterocycles. The zero-order valence-corrected chi connectivity index (χ0v) is 24.1. The molecule has 10 heteroatoms. The number of aromatic amines is 1. The number of piperazine rings is 1. The fraction of sp³-hybridized carbons (Fsp3) is 0.419. The van der Waals surface area contributed by atoms with E-state index >= 15 is 0 Å². The number of piperidine rings is 1. The van der Waals surface area contributed by atoms with E-state index in [1.165, 1.54) is 31.6 Å². The second kappa shape index (κ2) is 10.8. The van der Waals surface area contributed by atoms with Gasteiger partial charge in [-0.25, -0.2) is 0 Å². The minimum Gasteiger partial charge on any atom is -0.489 e. The van der Waals surface area contributed by atoms with Gasteiger partial charge in [0, 0.05) is 57.7 Å². The minimum absolute atomic E-state index is 0.395. The Labute approximate surface area is 241 Å². The summed E-state index contributed by atoms with van der Waals surface area (Å²) in [6.07, 6.45) is 4.43. The summed E-state index contributed by atoms with van der Waals surface area (Å²) in [5, 5.41) is 7.88. The van der Waals surface area contributed by atoms with Gasteiger partial charge in [0.25, 0.3) is 0 Å². The van der Waals surface area contributed by atoms with Crippen LogP contribution >= 0.6 is 0 Å². The van der Waals surface area contributed by atoms with Crippen molar-refractivity contribution in [1.82, 2.24) is 24.8 Å². The first-order valence-corrected chi connectivity index (χ1v) is 14.6. The molecule has 3 N–H and O–H groups in total. The summed E-state index contributed by atoms with van der Waals surface area (Å²) in [7, 11) is 6.31. The van der Waals surface area contributed by atoms with Gasteiger partial charge < -0.3 is 35.1 Å². The van der Waals surface area contributed by atoms with Gasteiger partial charge >= 0.3 is 0 Å².